The van der Waals surface area contributed by atoms with Crippen LogP contribution in [0.3, 0.4) is 0 Å². The fourth-order valence-corrected chi connectivity index (χ4v) is 3.26. The predicted octanol–water partition coefficient (Wildman–Crippen LogP) is 4.70. The molecule has 0 N–H and O–H groups in total. The van der Waals surface area contributed by atoms with Crippen LogP contribution in [0.5, 0.6) is 0 Å². The van der Waals surface area contributed by atoms with Gasteiger partial charge in [-0.3, -0.25) is 0 Å². The lowest BCUT2D eigenvalue weighted by Gasteiger charge is -2.17. The topological polar surface area (TPSA) is 16.1 Å². The molecule has 4 heteroatoms. The fourth-order valence-electron chi connectivity index (χ4n) is 1.98. The molecule has 0 saturated heterocycles. The van der Waals surface area contributed by atoms with Crippen LogP contribution < -0.4 is 4.90 Å². The highest BCUT2D eigenvalue weighted by molar-refractivity contribution is 9.10. The van der Waals surface area contributed by atoms with Crippen LogP contribution in [0.25, 0.3) is 10.2 Å². The average molecular weight is 333 g/mol. The van der Waals surface area contributed by atoms with Crippen molar-refractivity contribution >= 4 is 43.2 Å². The molecule has 0 aliphatic heterocycles. The van der Waals surface area contributed by atoms with Gasteiger partial charge in [-0.05, 0) is 36.4 Å². The van der Waals surface area contributed by atoms with Crippen molar-refractivity contribution in [1.29, 1.82) is 0 Å². The second-order valence-corrected chi connectivity index (χ2v) is 6.44. The summed E-state index contributed by atoms with van der Waals surface area (Å²) in [6.07, 6.45) is 0. The SMILES string of the molecule is CN(Cc1nc2ccccc2s1)c1ccc(Br)cc1. The summed E-state index contributed by atoms with van der Waals surface area (Å²) in [5.74, 6) is 0. The van der Waals surface area contributed by atoms with Gasteiger partial charge in [0.15, 0.2) is 0 Å². The van der Waals surface area contributed by atoms with Gasteiger partial charge in [0.1, 0.15) is 5.01 Å². The number of aromatic nitrogens is 1. The Kier molecular flexibility index (Phi) is 3.53. The van der Waals surface area contributed by atoms with E-state index < -0.39 is 0 Å². The number of halogens is 1. The monoisotopic (exact) mass is 332 g/mol. The number of hydrogen-bond acceptors (Lipinski definition) is 3. The maximum absolute atomic E-state index is 4.66. The summed E-state index contributed by atoms with van der Waals surface area (Å²) in [5, 5.41) is 1.15. The van der Waals surface area contributed by atoms with E-state index in [9.17, 15) is 0 Å². The zero-order chi connectivity index (χ0) is 13.2. The number of nitrogens with zero attached hydrogens (tertiary/aromatic N) is 2. The molecular weight excluding hydrogens is 320 g/mol. The van der Waals surface area contributed by atoms with E-state index in [0.717, 1.165) is 21.5 Å². The average Bonchev–Trinajstić information content (AvgIpc) is 2.81. The normalized spacial score (nSPS) is 10.8. The molecule has 0 atom stereocenters. The Morgan fingerprint density at radius 3 is 2.58 bits per heavy atom. The highest BCUT2D eigenvalue weighted by atomic mass is 79.9. The Morgan fingerprint density at radius 1 is 1.11 bits per heavy atom. The molecule has 0 unspecified atom stereocenters. The number of fused-ring (bicyclic) bond motifs is 1. The maximum atomic E-state index is 4.66. The smallest absolute Gasteiger partial charge is 0.113 e. The van der Waals surface area contributed by atoms with Crippen molar-refractivity contribution < 1.29 is 0 Å². The maximum Gasteiger partial charge on any atom is 0.113 e. The third-order valence-electron chi connectivity index (χ3n) is 2.98. The molecular formula is C15H13BrN2S. The van der Waals surface area contributed by atoms with Gasteiger partial charge in [0, 0.05) is 17.2 Å². The van der Waals surface area contributed by atoms with Crippen molar-refractivity contribution in [3.05, 3.63) is 58.0 Å². The van der Waals surface area contributed by atoms with Gasteiger partial charge in [0.2, 0.25) is 0 Å². The number of rotatable bonds is 3. The van der Waals surface area contributed by atoms with Crippen LogP contribution in [0.15, 0.2) is 53.0 Å². The Bertz CT molecular complexity index is 658. The summed E-state index contributed by atoms with van der Waals surface area (Å²) in [6.45, 7) is 0.834. The third kappa shape index (κ3) is 2.80. The zero-order valence-electron chi connectivity index (χ0n) is 10.5. The minimum Gasteiger partial charge on any atom is -0.368 e. The van der Waals surface area contributed by atoms with Crippen LogP contribution in [0.2, 0.25) is 0 Å². The van der Waals surface area contributed by atoms with Gasteiger partial charge < -0.3 is 4.90 Å². The number of anilines is 1. The summed E-state index contributed by atoms with van der Waals surface area (Å²) in [6, 6.07) is 16.6. The second-order valence-electron chi connectivity index (χ2n) is 4.41. The van der Waals surface area contributed by atoms with E-state index in [4.69, 9.17) is 0 Å². The molecule has 0 aliphatic carbocycles. The molecule has 2 aromatic carbocycles. The molecule has 0 aliphatic rings. The highest BCUT2D eigenvalue weighted by Crippen LogP contribution is 2.24. The van der Waals surface area contributed by atoms with Crippen molar-refractivity contribution in [2.75, 3.05) is 11.9 Å². The van der Waals surface area contributed by atoms with E-state index in [1.807, 2.05) is 6.07 Å². The standard InChI is InChI=1S/C15H13BrN2S/c1-18(12-8-6-11(16)7-9-12)10-15-17-13-4-2-3-5-14(13)19-15/h2-9H,10H2,1H3. The first-order chi connectivity index (χ1) is 9.22. The lowest BCUT2D eigenvalue weighted by molar-refractivity contribution is 0.914. The number of benzene rings is 2. The summed E-state index contributed by atoms with van der Waals surface area (Å²) >= 11 is 5.22. The van der Waals surface area contributed by atoms with Gasteiger partial charge in [0.25, 0.3) is 0 Å². The predicted molar refractivity (Wildman–Crippen MR) is 85.9 cm³/mol. The van der Waals surface area contributed by atoms with Crippen molar-refractivity contribution in [2.45, 2.75) is 6.54 Å². The zero-order valence-corrected chi connectivity index (χ0v) is 12.9. The van der Waals surface area contributed by atoms with Gasteiger partial charge in [-0.1, -0.05) is 28.1 Å². The van der Waals surface area contributed by atoms with E-state index in [-0.39, 0.29) is 0 Å². The first-order valence-electron chi connectivity index (χ1n) is 6.03. The molecule has 0 bridgehead atoms. The fraction of sp³-hybridized carbons (Fsp3) is 0.133. The lowest BCUT2D eigenvalue weighted by Crippen LogP contribution is -2.15. The second kappa shape index (κ2) is 5.31. The molecule has 0 fully saturated rings. The molecule has 96 valence electrons. The molecule has 1 heterocycles. The van der Waals surface area contributed by atoms with Gasteiger partial charge in [-0.15, -0.1) is 11.3 Å². The van der Waals surface area contributed by atoms with Crippen molar-refractivity contribution in [1.82, 2.24) is 4.98 Å². The summed E-state index contributed by atoms with van der Waals surface area (Å²) in [5.41, 5.74) is 2.29. The minimum atomic E-state index is 0.834. The first kappa shape index (κ1) is 12.6. The molecule has 0 spiro atoms. The first-order valence-corrected chi connectivity index (χ1v) is 7.64. The van der Waals surface area contributed by atoms with E-state index in [2.05, 4.69) is 75.3 Å². The van der Waals surface area contributed by atoms with Gasteiger partial charge in [0.05, 0.1) is 16.8 Å². The molecule has 0 radical (unpaired) electrons. The minimum absolute atomic E-state index is 0.834. The van der Waals surface area contributed by atoms with Crippen LogP contribution in [0, 0.1) is 0 Å². The molecule has 19 heavy (non-hydrogen) atoms. The van der Waals surface area contributed by atoms with Crippen LogP contribution in [0.4, 0.5) is 5.69 Å². The van der Waals surface area contributed by atoms with E-state index in [0.29, 0.717) is 0 Å². The van der Waals surface area contributed by atoms with Crippen LogP contribution in [-0.2, 0) is 6.54 Å². The number of para-hydroxylation sites is 1. The van der Waals surface area contributed by atoms with Crippen molar-refractivity contribution in [3.8, 4) is 0 Å². The quantitative estimate of drug-likeness (QED) is 0.691. The Balaban J connectivity index is 1.82. The van der Waals surface area contributed by atoms with E-state index in [1.165, 1.54) is 10.4 Å². The summed E-state index contributed by atoms with van der Waals surface area (Å²) in [7, 11) is 2.09. The lowest BCUT2D eigenvalue weighted by atomic mass is 10.3. The van der Waals surface area contributed by atoms with Crippen molar-refractivity contribution in [3.63, 3.8) is 0 Å². The van der Waals surface area contributed by atoms with Crippen LogP contribution in [-0.4, -0.2) is 12.0 Å². The summed E-state index contributed by atoms with van der Waals surface area (Å²) in [4.78, 5) is 6.88. The third-order valence-corrected chi connectivity index (χ3v) is 4.53. The van der Waals surface area contributed by atoms with Gasteiger partial charge in [-0.2, -0.15) is 0 Å². The Labute approximate surface area is 124 Å². The van der Waals surface area contributed by atoms with E-state index >= 15 is 0 Å². The molecule has 0 amide bonds. The molecule has 1 aromatic heterocycles. The number of thiazole rings is 1. The van der Waals surface area contributed by atoms with Gasteiger partial charge in [-0.25, -0.2) is 4.98 Å². The molecule has 2 nitrogen and oxygen atoms in total. The molecule has 3 rings (SSSR count). The largest absolute Gasteiger partial charge is 0.368 e. The molecule has 3 aromatic rings. The van der Waals surface area contributed by atoms with Crippen LogP contribution in [0.1, 0.15) is 5.01 Å². The van der Waals surface area contributed by atoms with E-state index in [1.54, 1.807) is 11.3 Å². The number of hydrogen-bond donors (Lipinski definition) is 0. The van der Waals surface area contributed by atoms with Crippen molar-refractivity contribution in [2.24, 2.45) is 0 Å². The highest BCUT2D eigenvalue weighted by Gasteiger charge is 2.07. The Hall–Kier alpha value is -1.39. The summed E-state index contributed by atoms with van der Waals surface area (Å²) < 4.78 is 2.35. The van der Waals surface area contributed by atoms with Crippen LogP contribution >= 0.6 is 27.3 Å². The van der Waals surface area contributed by atoms with Gasteiger partial charge >= 0.3 is 0 Å². The Morgan fingerprint density at radius 2 is 1.84 bits per heavy atom. The molecule has 0 saturated carbocycles.